The van der Waals surface area contributed by atoms with Gasteiger partial charge in [0.25, 0.3) is 5.56 Å². The summed E-state index contributed by atoms with van der Waals surface area (Å²) in [6, 6.07) is 15.2. The smallest absolute Gasteiger partial charge is 0.331 e. The third kappa shape index (κ3) is 3.09. The zero-order valence-electron chi connectivity index (χ0n) is 19.0. The van der Waals surface area contributed by atoms with Crippen molar-refractivity contribution in [2.45, 2.75) is 12.6 Å². The maximum absolute atomic E-state index is 13.4. The topological polar surface area (TPSA) is 76.6 Å². The van der Waals surface area contributed by atoms with E-state index in [4.69, 9.17) is 14.2 Å². The van der Waals surface area contributed by atoms with E-state index >= 15 is 0 Å². The van der Waals surface area contributed by atoms with Gasteiger partial charge in [-0.25, -0.2) is 4.79 Å². The van der Waals surface area contributed by atoms with Crippen LogP contribution in [0.5, 0.6) is 11.5 Å². The molecule has 0 saturated carbocycles. The van der Waals surface area contributed by atoms with E-state index in [1.807, 2.05) is 48.5 Å². The number of fused-ring (bicyclic) bond motifs is 3. The zero-order chi connectivity index (χ0) is 23.3. The van der Waals surface area contributed by atoms with Gasteiger partial charge in [0.2, 0.25) is 0 Å². The molecule has 0 spiro atoms. The molecule has 1 aliphatic heterocycles. The van der Waals surface area contributed by atoms with Crippen molar-refractivity contribution in [1.82, 2.24) is 13.7 Å². The maximum atomic E-state index is 13.4. The summed E-state index contributed by atoms with van der Waals surface area (Å²) in [4.78, 5) is 26.4. The van der Waals surface area contributed by atoms with Crippen molar-refractivity contribution < 1.29 is 14.2 Å². The minimum Gasteiger partial charge on any atom is -0.497 e. The summed E-state index contributed by atoms with van der Waals surface area (Å²) >= 11 is 0. The molecule has 0 unspecified atom stereocenters. The predicted octanol–water partition coefficient (Wildman–Crippen LogP) is 2.84. The minimum absolute atomic E-state index is 0.334. The lowest BCUT2D eigenvalue weighted by Gasteiger charge is -2.28. The summed E-state index contributed by atoms with van der Waals surface area (Å²) in [5.41, 5.74) is 3.10. The van der Waals surface area contributed by atoms with Crippen LogP contribution in [0.1, 0.15) is 17.4 Å². The van der Waals surface area contributed by atoms with Crippen LogP contribution in [0.15, 0.2) is 58.1 Å². The number of benzene rings is 2. The van der Waals surface area contributed by atoms with Crippen molar-refractivity contribution in [3.8, 4) is 22.8 Å². The number of aromatic nitrogens is 3. The van der Waals surface area contributed by atoms with Gasteiger partial charge in [0.1, 0.15) is 17.6 Å². The van der Waals surface area contributed by atoms with Gasteiger partial charge >= 0.3 is 5.69 Å². The maximum Gasteiger partial charge on any atom is 0.331 e. The quantitative estimate of drug-likeness (QED) is 0.481. The van der Waals surface area contributed by atoms with E-state index < -0.39 is 6.10 Å². The first-order valence-corrected chi connectivity index (χ1v) is 10.7. The van der Waals surface area contributed by atoms with Gasteiger partial charge in [0, 0.05) is 26.2 Å². The van der Waals surface area contributed by atoms with Crippen molar-refractivity contribution in [1.29, 1.82) is 0 Å². The highest BCUT2D eigenvalue weighted by molar-refractivity contribution is 5.96. The highest BCUT2D eigenvalue weighted by atomic mass is 16.5. The van der Waals surface area contributed by atoms with E-state index in [9.17, 15) is 9.59 Å². The second-order valence-electron chi connectivity index (χ2n) is 8.04. The van der Waals surface area contributed by atoms with Crippen LogP contribution in [-0.4, -0.2) is 34.5 Å². The Balaban J connectivity index is 1.92. The molecule has 0 N–H and O–H groups in total. The third-order valence-electron chi connectivity index (χ3n) is 6.34. The largest absolute Gasteiger partial charge is 0.497 e. The van der Waals surface area contributed by atoms with Crippen LogP contribution in [0.4, 0.5) is 0 Å². The average Bonchev–Trinajstić information content (AvgIpc) is 3.21. The average molecular weight is 447 g/mol. The molecule has 33 heavy (non-hydrogen) atoms. The summed E-state index contributed by atoms with van der Waals surface area (Å²) in [6.45, 7) is 1.00. The fourth-order valence-electron chi connectivity index (χ4n) is 4.75. The number of rotatable bonds is 4. The molecule has 8 nitrogen and oxygen atoms in total. The lowest BCUT2D eigenvalue weighted by Crippen LogP contribution is -2.37. The Labute approximate surface area is 190 Å². The molecule has 0 aliphatic carbocycles. The van der Waals surface area contributed by atoms with Gasteiger partial charge in [-0.3, -0.25) is 13.9 Å². The number of hydrogen-bond donors (Lipinski definition) is 0. The highest BCUT2D eigenvalue weighted by Gasteiger charge is 2.34. The van der Waals surface area contributed by atoms with Crippen molar-refractivity contribution in [3.63, 3.8) is 0 Å². The van der Waals surface area contributed by atoms with Gasteiger partial charge in [-0.15, -0.1) is 0 Å². The number of hydrogen-bond acceptors (Lipinski definition) is 5. The Morgan fingerprint density at radius 3 is 2.36 bits per heavy atom. The second-order valence-corrected chi connectivity index (χ2v) is 8.04. The first-order valence-electron chi connectivity index (χ1n) is 10.7. The van der Waals surface area contributed by atoms with E-state index in [-0.39, 0.29) is 11.2 Å². The predicted molar refractivity (Wildman–Crippen MR) is 125 cm³/mol. The Morgan fingerprint density at radius 1 is 0.939 bits per heavy atom. The number of methoxy groups -OCH3 is 2. The van der Waals surface area contributed by atoms with Gasteiger partial charge in [-0.2, -0.15) is 0 Å². The number of ether oxygens (including phenoxy) is 3. The molecule has 8 heteroatoms. The van der Waals surface area contributed by atoms with E-state index in [1.165, 1.54) is 11.6 Å². The van der Waals surface area contributed by atoms with E-state index in [0.29, 0.717) is 29.8 Å². The highest BCUT2D eigenvalue weighted by Crippen LogP contribution is 2.42. The van der Waals surface area contributed by atoms with Crippen molar-refractivity contribution >= 4 is 10.9 Å². The van der Waals surface area contributed by atoms with Gasteiger partial charge in [0.05, 0.1) is 43.1 Å². The standard InChI is InChI=1S/C25H25N3O5/c1-26-21-19(24(29)27(2)25(26)30)20(15-9-11-16(31-3)12-10-15)28-13-14-33-23(22(21)28)17-7-5-6-8-18(17)32-4/h5-12,23H,13-14H2,1-4H3/t23-/m1/s1. The van der Waals surface area contributed by atoms with Gasteiger partial charge in [-0.05, 0) is 35.9 Å². The summed E-state index contributed by atoms with van der Waals surface area (Å²) < 4.78 is 22.0. The van der Waals surface area contributed by atoms with Crippen LogP contribution in [-0.2, 0) is 25.4 Å². The molecule has 3 heterocycles. The zero-order valence-corrected chi connectivity index (χ0v) is 19.0. The number of nitrogens with zero attached hydrogens (tertiary/aromatic N) is 3. The normalized spacial score (nSPS) is 15.5. The van der Waals surface area contributed by atoms with Crippen molar-refractivity contribution in [2.75, 3.05) is 20.8 Å². The Bertz CT molecular complexity index is 1480. The third-order valence-corrected chi connectivity index (χ3v) is 6.34. The first kappa shape index (κ1) is 21.1. The molecule has 0 radical (unpaired) electrons. The number of para-hydroxylation sites is 1. The van der Waals surface area contributed by atoms with Crippen LogP contribution in [0.3, 0.4) is 0 Å². The molecular formula is C25H25N3O5. The van der Waals surface area contributed by atoms with Crippen LogP contribution in [0, 0.1) is 0 Å². The second kappa shape index (κ2) is 7.97. The first-order chi connectivity index (χ1) is 16.0. The number of aryl methyl sites for hydroxylation is 1. The molecule has 0 fully saturated rings. The van der Waals surface area contributed by atoms with Gasteiger partial charge < -0.3 is 18.8 Å². The van der Waals surface area contributed by atoms with Gasteiger partial charge in [0.15, 0.2) is 0 Å². The lowest BCUT2D eigenvalue weighted by atomic mass is 10.0. The molecule has 1 atom stereocenters. The molecule has 170 valence electrons. The van der Waals surface area contributed by atoms with Crippen LogP contribution in [0.2, 0.25) is 0 Å². The molecule has 1 aliphatic rings. The Morgan fingerprint density at radius 2 is 1.67 bits per heavy atom. The van der Waals surface area contributed by atoms with Crippen LogP contribution >= 0.6 is 0 Å². The molecular weight excluding hydrogens is 422 g/mol. The van der Waals surface area contributed by atoms with E-state index in [1.54, 1.807) is 21.3 Å². The monoisotopic (exact) mass is 447 g/mol. The van der Waals surface area contributed by atoms with Crippen molar-refractivity contribution in [2.24, 2.45) is 14.1 Å². The molecule has 5 rings (SSSR count). The summed E-state index contributed by atoms with van der Waals surface area (Å²) in [6.07, 6.45) is -0.498. The molecule has 4 aromatic rings. The summed E-state index contributed by atoms with van der Waals surface area (Å²) in [5.74, 6) is 1.41. The summed E-state index contributed by atoms with van der Waals surface area (Å²) in [5, 5.41) is 0.491. The van der Waals surface area contributed by atoms with E-state index in [0.717, 1.165) is 32.8 Å². The molecule has 0 amide bonds. The van der Waals surface area contributed by atoms with E-state index in [2.05, 4.69) is 4.57 Å². The molecule has 2 aromatic heterocycles. The molecule has 0 bridgehead atoms. The van der Waals surface area contributed by atoms with Crippen LogP contribution in [0.25, 0.3) is 22.2 Å². The Kier molecular flexibility index (Phi) is 5.09. The fourth-order valence-corrected chi connectivity index (χ4v) is 4.75. The van der Waals surface area contributed by atoms with Gasteiger partial charge in [-0.1, -0.05) is 18.2 Å². The minimum atomic E-state index is -0.498. The SMILES string of the molecule is COc1ccc(-c2c3c(=O)n(C)c(=O)n(C)c3c3n2CCO[C@@H]3c2ccccc2OC)cc1. The summed E-state index contributed by atoms with van der Waals surface area (Å²) in [7, 11) is 6.43. The lowest BCUT2D eigenvalue weighted by molar-refractivity contribution is 0.0464. The van der Waals surface area contributed by atoms with Crippen LogP contribution < -0.4 is 20.7 Å². The molecule has 0 saturated heterocycles. The fraction of sp³-hybridized carbons (Fsp3) is 0.280. The molecule has 2 aromatic carbocycles. The van der Waals surface area contributed by atoms with Crippen molar-refractivity contribution in [3.05, 3.63) is 80.6 Å². The Hall–Kier alpha value is -3.78.